The van der Waals surface area contributed by atoms with Crippen molar-refractivity contribution < 1.29 is 9.59 Å². The molecule has 2 fully saturated rings. The maximum Gasteiger partial charge on any atom is 0.264 e. The third kappa shape index (κ3) is 3.08. The standard InChI is InChI=1S/C17H21N3O2S2/c21-16(12-1-4-18-5-2-12)19-6-8-20(9-7-19)17(22)15-11-14-13(24-15)3-10-23-14/h3,10-12,18H,1-2,4-9H2. The van der Waals surface area contributed by atoms with Gasteiger partial charge in [0.05, 0.1) is 4.88 Å². The van der Waals surface area contributed by atoms with Crippen molar-refractivity contribution in [1.29, 1.82) is 0 Å². The summed E-state index contributed by atoms with van der Waals surface area (Å²) in [7, 11) is 0. The molecule has 2 aromatic rings. The van der Waals surface area contributed by atoms with Gasteiger partial charge in [0.15, 0.2) is 0 Å². The van der Waals surface area contributed by atoms with Crippen LogP contribution in [0.15, 0.2) is 17.5 Å². The number of thiophene rings is 2. The van der Waals surface area contributed by atoms with Crippen LogP contribution in [-0.2, 0) is 4.79 Å². The lowest BCUT2D eigenvalue weighted by Gasteiger charge is -2.37. The highest BCUT2D eigenvalue weighted by molar-refractivity contribution is 7.27. The van der Waals surface area contributed by atoms with Crippen molar-refractivity contribution in [2.45, 2.75) is 12.8 Å². The van der Waals surface area contributed by atoms with Gasteiger partial charge in [-0.1, -0.05) is 0 Å². The third-order valence-corrected chi connectivity index (χ3v) is 7.00. The predicted octanol–water partition coefficient (Wildman–Crippen LogP) is 2.25. The Morgan fingerprint density at radius 2 is 1.75 bits per heavy atom. The summed E-state index contributed by atoms with van der Waals surface area (Å²) in [4.78, 5) is 29.9. The number of amides is 2. The van der Waals surface area contributed by atoms with Gasteiger partial charge in [-0.15, -0.1) is 22.7 Å². The van der Waals surface area contributed by atoms with Crippen LogP contribution >= 0.6 is 22.7 Å². The molecule has 2 aromatic heterocycles. The van der Waals surface area contributed by atoms with E-state index in [0.717, 1.165) is 30.8 Å². The molecule has 2 amide bonds. The van der Waals surface area contributed by atoms with E-state index < -0.39 is 0 Å². The SMILES string of the molecule is O=C(c1cc2sccc2s1)N1CCN(C(=O)C2CCNCC2)CC1. The molecule has 0 aromatic carbocycles. The van der Waals surface area contributed by atoms with Gasteiger partial charge in [0.1, 0.15) is 0 Å². The molecule has 0 unspecified atom stereocenters. The average Bonchev–Trinajstić information content (AvgIpc) is 3.23. The van der Waals surface area contributed by atoms with E-state index in [1.54, 1.807) is 22.7 Å². The van der Waals surface area contributed by atoms with E-state index in [-0.39, 0.29) is 17.7 Å². The lowest BCUT2D eigenvalue weighted by molar-refractivity contribution is -0.137. The van der Waals surface area contributed by atoms with Gasteiger partial charge >= 0.3 is 0 Å². The smallest absolute Gasteiger partial charge is 0.264 e. The Labute approximate surface area is 149 Å². The summed E-state index contributed by atoms with van der Waals surface area (Å²) in [6, 6.07) is 4.07. The number of fused-ring (bicyclic) bond motifs is 1. The molecule has 1 N–H and O–H groups in total. The van der Waals surface area contributed by atoms with Crippen molar-refractivity contribution in [3.8, 4) is 0 Å². The molecule has 2 aliphatic rings. The molecule has 7 heteroatoms. The number of piperazine rings is 1. The maximum atomic E-state index is 12.7. The van der Waals surface area contributed by atoms with Crippen LogP contribution < -0.4 is 5.32 Å². The minimum atomic E-state index is 0.109. The van der Waals surface area contributed by atoms with Crippen LogP contribution in [0.25, 0.3) is 9.40 Å². The first-order valence-electron chi connectivity index (χ1n) is 8.48. The van der Waals surface area contributed by atoms with E-state index in [0.29, 0.717) is 26.2 Å². The minimum Gasteiger partial charge on any atom is -0.339 e. The number of carbonyl (C=O) groups is 2. The lowest BCUT2D eigenvalue weighted by atomic mass is 9.96. The van der Waals surface area contributed by atoms with E-state index in [2.05, 4.69) is 16.8 Å². The first-order valence-corrected chi connectivity index (χ1v) is 10.2. The second-order valence-electron chi connectivity index (χ2n) is 6.40. The third-order valence-electron chi connectivity index (χ3n) is 4.92. The Morgan fingerprint density at radius 3 is 2.46 bits per heavy atom. The zero-order valence-electron chi connectivity index (χ0n) is 13.5. The number of rotatable bonds is 2. The zero-order valence-corrected chi connectivity index (χ0v) is 15.1. The van der Waals surface area contributed by atoms with Crippen molar-refractivity contribution in [2.24, 2.45) is 5.92 Å². The first-order chi connectivity index (χ1) is 11.7. The Bertz CT molecular complexity index is 711. The molecule has 128 valence electrons. The molecule has 0 spiro atoms. The molecule has 0 aliphatic carbocycles. The second kappa shape index (κ2) is 6.82. The lowest BCUT2D eigenvalue weighted by Crippen LogP contribution is -2.52. The Hall–Kier alpha value is -1.44. The number of nitrogens with zero attached hydrogens (tertiary/aromatic N) is 2. The highest BCUT2D eigenvalue weighted by atomic mass is 32.1. The quantitative estimate of drug-likeness (QED) is 0.890. The van der Waals surface area contributed by atoms with E-state index in [9.17, 15) is 9.59 Å². The Kier molecular flexibility index (Phi) is 4.56. The fourth-order valence-electron chi connectivity index (χ4n) is 3.48. The predicted molar refractivity (Wildman–Crippen MR) is 97.8 cm³/mol. The van der Waals surface area contributed by atoms with Gasteiger partial charge in [-0.2, -0.15) is 0 Å². The van der Waals surface area contributed by atoms with Crippen LogP contribution in [0.2, 0.25) is 0 Å². The molecular weight excluding hydrogens is 342 g/mol. The summed E-state index contributed by atoms with van der Waals surface area (Å²) in [5.74, 6) is 0.551. The van der Waals surface area contributed by atoms with Crippen LogP contribution in [0, 0.1) is 5.92 Å². The largest absolute Gasteiger partial charge is 0.339 e. The number of carbonyl (C=O) groups excluding carboxylic acids is 2. The van der Waals surface area contributed by atoms with E-state index in [1.165, 1.54) is 9.40 Å². The number of nitrogens with one attached hydrogen (secondary N) is 1. The van der Waals surface area contributed by atoms with Gasteiger partial charge in [-0.25, -0.2) is 0 Å². The van der Waals surface area contributed by atoms with Gasteiger partial charge in [0.25, 0.3) is 5.91 Å². The topological polar surface area (TPSA) is 52.7 Å². The second-order valence-corrected chi connectivity index (χ2v) is 8.43. The molecule has 0 atom stereocenters. The summed E-state index contributed by atoms with van der Waals surface area (Å²) in [6.07, 6.45) is 1.87. The van der Waals surface area contributed by atoms with Gasteiger partial charge < -0.3 is 15.1 Å². The van der Waals surface area contributed by atoms with Crippen LogP contribution in [0.5, 0.6) is 0 Å². The van der Waals surface area contributed by atoms with Crippen molar-refractivity contribution in [3.05, 3.63) is 22.4 Å². The molecule has 4 heterocycles. The molecule has 2 saturated heterocycles. The highest BCUT2D eigenvalue weighted by Gasteiger charge is 2.30. The molecule has 0 radical (unpaired) electrons. The van der Waals surface area contributed by atoms with E-state index >= 15 is 0 Å². The first kappa shape index (κ1) is 16.1. The minimum absolute atomic E-state index is 0.109. The van der Waals surface area contributed by atoms with Gasteiger partial charge in [0, 0.05) is 41.5 Å². The van der Waals surface area contributed by atoms with Crippen LogP contribution in [-0.4, -0.2) is 60.9 Å². The molecule has 4 rings (SSSR count). The average molecular weight is 364 g/mol. The van der Waals surface area contributed by atoms with Gasteiger partial charge in [-0.3, -0.25) is 9.59 Å². The fourth-order valence-corrected chi connectivity index (χ4v) is 5.56. The molecule has 5 nitrogen and oxygen atoms in total. The monoisotopic (exact) mass is 363 g/mol. The Balaban J connectivity index is 1.36. The summed E-state index contributed by atoms with van der Waals surface area (Å²) in [5, 5.41) is 5.36. The number of hydrogen-bond donors (Lipinski definition) is 1. The van der Waals surface area contributed by atoms with Crippen molar-refractivity contribution in [3.63, 3.8) is 0 Å². The summed E-state index contributed by atoms with van der Waals surface area (Å²) < 4.78 is 2.37. The van der Waals surface area contributed by atoms with Gasteiger partial charge in [0.2, 0.25) is 5.91 Å². The number of hydrogen-bond acceptors (Lipinski definition) is 5. The molecule has 24 heavy (non-hydrogen) atoms. The summed E-state index contributed by atoms with van der Waals surface area (Å²) in [6.45, 7) is 4.47. The maximum absolute atomic E-state index is 12.7. The summed E-state index contributed by atoms with van der Waals surface area (Å²) in [5.41, 5.74) is 0. The normalized spacial score (nSPS) is 19.8. The Morgan fingerprint density at radius 1 is 1.04 bits per heavy atom. The molecule has 2 aliphatic heterocycles. The summed E-state index contributed by atoms with van der Waals surface area (Å²) >= 11 is 3.24. The van der Waals surface area contributed by atoms with Crippen LogP contribution in [0.4, 0.5) is 0 Å². The molecular formula is C17H21N3O2S2. The number of piperidine rings is 1. The molecule has 0 saturated carbocycles. The van der Waals surface area contributed by atoms with Crippen molar-refractivity contribution >= 4 is 43.9 Å². The fraction of sp³-hybridized carbons (Fsp3) is 0.529. The van der Waals surface area contributed by atoms with Gasteiger partial charge in [-0.05, 0) is 43.4 Å². The molecule has 0 bridgehead atoms. The van der Waals surface area contributed by atoms with Crippen LogP contribution in [0.3, 0.4) is 0 Å². The zero-order chi connectivity index (χ0) is 16.5. The van der Waals surface area contributed by atoms with E-state index in [1.807, 2.05) is 15.9 Å². The highest BCUT2D eigenvalue weighted by Crippen LogP contribution is 2.31. The van der Waals surface area contributed by atoms with Crippen molar-refractivity contribution in [1.82, 2.24) is 15.1 Å². The van der Waals surface area contributed by atoms with E-state index in [4.69, 9.17) is 0 Å². The van der Waals surface area contributed by atoms with Crippen LogP contribution in [0.1, 0.15) is 22.5 Å². The van der Waals surface area contributed by atoms with Crippen molar-refractivity contribution in [2.75, 3.05) is 39.3 Å².